The minimum Gasteiger partial charge on any atom is -0.480 e. The van der Waals surface area contributed by atoms with Gasteiger partial charge in [0.2, 0.25) is 0 Å². The summed E-state index contributed by atoms with van der Waals surface area (Å²) >= 11 is 3.52. The maximum atomic E-state index is 12.2. The molecule has 0 aromatic heterocycles. The Morgan fingerprint density at radius 1 is 1.43 bits per heavy atom. The molecule has 1 aromatic rings. The molecule has 2 rings (SSSR count). The van der Waals surface area contributed by atoms with Crippen molar-refractivity contribution in [2.75, 3.05) is 19.6 Å². The Morgan fingerprint density at radius 2 is 2.14 bits per heavy atom. The minimum absolute atomic E-state index is 0.0797. The Bertz CT molecular complexity index is 487. The van der Waals surface area contributed by atoms with E-state index < -0.39 is 6.10 Å². The van der Waals surface area contributed by atoms with Crippen LogP contribution in [0.3, 0.4) is 0 Å². The summed E-state index contributed by atoms with van der Waals surface area (Å²) in [4.78, 5) is 14.1. The van der Waals surface area contributed by atoms with Crippen LogP contribution >= 0.6 is 15.9 Å². The van der Waals surface area contributed by atoms with Gasteiger partial charge in [-0.1, -0.05) is 13.0 Å². The third-order valence-corrected chi connectivity index (χ3v) is 4.26. The lowest BCUT2D eigenvalue weighted by molar-refractivity contribution is -0.136. The molecule has 1 aliphatic rings. The molecule has 21 heavy (non-hydrogen) atoms. The zero-order chi connectivity index (χ0) is 15.2. The van der Waals surface area contributed by atoms with Crippen LogP contribution in [0.1, 0.15) is 32.3 Å². The fourth-order valence-electron chi connectivity index (χ4n) is 2.45. The first-order chi connectivity index (χ1) is 10.1. The number of benzene rings is 1. The first-order valence-electron chi connectivity index (χ1n) is 7.56. The normalized spacial score (nSPS) is 16.0. The number of halogens is 1. The van der Waals surface area contributed by atoms with Gasteiger partial charge in [-0.15, -0.1) is 0 Å². The van der Waals surface area contributed by atoms with E-state index in [-0.39, 0.29) is 5.91 Å². The molecule has 4 nitrogen and oxygen atoms in total. The van der Waals surface area contributed by atoms with E-state index in [4.69, 9.17) is 4.74 Å². The molecule has 1 unspecified atom stereocenters. The molecular weight excluding hydrogens is 332 g/mol. The molecule has 0 aliphatic carbocycles. The van der Waals surface area contributed by atoms with Gasteiger partial charge >= 0.3 is 0 Å². The average molecular weight is 355 g/mol. The van der Waals surface area contributed by atoms with Gasteiger partial charge in [0.1, 0.15) is 5.75 Å². The summed E-state index contributed by atoms with van der Waals surface area (Å²) < 4.78 is 6.71. The van der Waals surface area contributed by atoms with Crippen molar-refractivity contribution in [1.29, 1.82) is 0 Å². The molecule has 5 heteroatoms. The molecule has 0 radical (unpaired) electrons. The fourth-order valence-corrected chi connectivity index (χ4v) is 2.97. The highest BCUT2D eigenvalue weighted by Gasteiger charge is 2.24. The Kier molecular flexibility index (Phi) is 6.06. The topological polar surface area (TPSA) is 41.6 Å². The van der Waals surface area contributed by atoms with Crippen molar-refractivity contribution < 1.29 is 9.53 Å². The van der Waals surface area contributed by atoms with E-state index in [0.29, 0.717) is 0 Å². The van der Waals surface area contributed by atoms with Crippen molar-refractivity contribution in [3.63, 3.8) is 0 Å². The Labute approximate surface area is 135 Å². The molecule has 0 saturated carbocycles. The highest BCUT2D eigenvalue weighted by molar-refractivity contribution is 9.10. The van der Waals surface area contributed by atoms with Crippen LogP contribution in [0.4, 0.5) is 0 Å². The summed E-state index contributed by atoms with van der Waals surface area (Å²) in [5.74, 6) is 0.798. The van der Waals surface area contributed by atoms with Crippen molar-refractivity contribution in [3.8, 4) is 5.75 Å². The predicted octanol–water partition coefficient (Wildman–Crippen LogP) is 2.95. The van der Waals surface area contributed by atoms with Gasteiger partial charge in [-0.2, -0.15) is 0 Å². The number of nitrogens with zero attached hydrogens (tertiary/aromatic N) is 1. The van der Waals surface area contributed by atoms with Gasteiger partial charge in [0.15, 0.2) is 6.10 Å². The van der Waals surface area contributed by atoms with Gasteiger partial charge < -0.3 is 15.0 Å². The number of amides is 1. The number of nitrogens with one attached hydrogen (secondary N) is 1. The number of carbonyl (C=O) groups is 1. The lowest BCUT2D eigenvalue weighted by atomic mass is 10.2. The maximum absolute atomic E-state index is 12.2. The largest absolute Gasteiger partial charge is 0.480 e. The first-order valence-corrected chi connectivity index (χ1v) is 8.35. The van der Waals surface area contributed by atoms with E-state index in [1.165, 1.54) is 5.56 Å². The second-order valence-electron chi connectivity index (χ2n) is 5.34. The average Bonchev–Trinajstić information content (AvgIpc) is 3.01. The molecule has 1 N–H and O–H groups in total. The van der Waals surface area contributed by atoms with E-state index >= 15 is 0 Å². The summed E-state index contributed by atoms with van der Waals surface area (Å²) in [7, 11) is 0. The monoisotopic (exact) mass is 354 g/mol. The van der Waals surface area contributed by atoms with E-state index in [9.17, 15) is 4.79 Å². The van der Waals surface area contributed by atoms with Gasteiger partial charge in [-0.3, -0.25) is 4.79 Å². The number of rotatable bonds is 6. The Morgan fingerprint density at radius 3 is 2.76 bits per heavy atom. The highest BCUT2D eigenvalue weighted by Crippen LogP contribution is 2.27. The molecule has 1 atom stereocenters. The van der Waals surface area contributed by atoms with Gasteiger partial charge in [0.25, 0.3) is 5.91 Å². The molecule has 0 spiro atoms. The number of carbonyl (C=O) groups excluding carboxylic acids is 1. The zero-order valence-electron chi connectivity index (χ0n) is 12.7. The second-order valence-corrected chi connectivity index (χ2v) is 6.19. The van der Waals surface area contributed by atoms with E-state index in [1.807, 2.05) is 30.0 Å². The van der Waals surface area contributed by atoms with Gasteiger partial charge in [-0.25, -0.2) is 0 Å². The van der Waals surface area contributed by atoms with Crippen LogP contribution in [0.15, 0.2) is 22.7 Å². The number of hydrogen-bond acceptors (Lipinski definition) is 3. The Hall–Kier alpha value is -1.07. The molecule has 1 fully saturated rings. The van der Waals surface area contributed by atoms with E-state index in [1.54, 1.807) is 0 Å². The van der Waals surface area contributed by atoms with Crippen molar-refractivity contribution in [2.24, 2.45) is 0 Å². The van der Waals surface area contributed by atoms with Crippen molar-refractivity contribution in [3.05, 3.63) is 28.2 Å². The van der Waals surface area contributed by atoms with Gasteiger partial charge in [0, 0.05) is 19.6 Å². The van der Waals surface area contributed by atoms with E-state index in [2.05, 4.69) is 28.2 Å². The van der Waals surface area contributed by atoms with Crippen LogP contribution in [0.25, 0.3) is 0 Å². The second kappa shape index (κ2) is 7.80. The summed E-state index contributed by atoms with van der Waals surface area (Å²) in [6.07, 6.45) is 1.75. The van der Waals surface area contributed by atoms with Gasteiger partial charge in [-0.05, 0) is 59.9 Å². The molecule has 1 saturated heterocycles. The molecule has 1 aromatic carbocycles. The lowest BCUT2D eigenvalue weighted by Gasteiger charge is -2.21. The number of ether oxygens (including phenoxy) is 1. The SMILES string of the molecule is CCNCc1ccc(OC(C)C(=O)N2CCCC2)c(Br)c1. The van der Waals surface area contributed by atoms with Crippen LogP contribution in [0.5, 0.6) is 5.75 Å². The summed E-state index contributed by atoms with van der Waals surface area (Å²) in [5, 5.41) is 3.28. The smallest absolute Gasteiger partial charge is 0.263 e. The summed E-state index contributed by atoms with van der Waals surface area (Å²) in [6, 6.07) is 5.98. The number of hydrogen-bond donors (Lipinski definition) is 1. The zero-order valence-corrected chi connectivity index (χ0v) is 14.3. The van der Waals surface area contributed by atoms with Crippen molar-refractivity contribution in [2.45, 2.75) is 39.3 Å². The maximum Gasteiger partial charge on any atom is 0.263 e. The van der Waals surface area contributed by atoms with Crippen LogP contribution < -0.4 is 10.1 Å². The van der Waals surface area contributed by atoms with Gasteiger partial charge in [0.05, 0.1) is 4.47 Å². The minimum atomic E-state index is -0.445. The van der Waals surface area contributed by atoms with Crippen LogP contribution in [0.2, 0.25) is 0 Å². The third kappa shape index (κ3) is 4.45. The highest BCUT2D eigenvalue weighted by atomic mass is 79.9. The molecule has 1 aliphatic heterocycles. The summed E-state index contributed by atoms with van der Waals surface area (Å²) in [5.41, 5.74) is 1.19. The molecule has 1 amide bonds. The molecule has 116 valence electrons. The standard InChI is InChI=1S/C16H23BrN2O2/c1-3-18-11-13-6-7-15(14(17)10-13)21-12(2)16(20)19-8-4-5-9-19/h6-7,10,12,18H,3-5,8-9,11H2,1-2H3. The molecular formula is C16H23BrN2O2. The summed E-state index contributed by atoms with van der Waals surface area (Å²) in [6.45, 7) is 7.39. The van der Waals surface area contributed by atoms with Crippen molar-refractivity contribution >= 4 is 21.8 Å². The van der Waals surface area contributed by atoms with Crippen LogP contribution in [-0.2, 0) is 11.3 Å². The Balaban J connectivity index is 1.96. The van der Waals surface area contributed by atoms with Crippen molar-refractivity contribution in [1.82, 2.24) is 10.2 Å². The fraction of sp³-hybridized carbons (Fsp3) is 0.562. The lowest BCUT2D eigenvalue weighted by Crippen LogP contribution is -2.38. The quantitative estimate of drug-likeness (QED) is 0.853. The third-order valence-electron chi connectivity index (χ3n) is 3.64. The predicted molar refractivity (Wildman–Crippen MR) is 87.4 cm³/mol. The number of likely N-dealkylation sites (tertiary alicyclic amines) is 1. The van der Waals surface area contributed by atoms with Crippen LogP contribution in [-0.4, -0.2) is 36.5 Å². The first kappa shape index (κ1) is 16.3. The molecule has 1 heterocycles. The molecule has 0 bridgehead atoms. The van der Waals surface area contributed by atoms with Crippen LogP contribution in [0, 0.1) is 0 Å². The van der Waals surface area contributed by atoms with E-state index in [0.717, 1.165) is 49.2 Å².